The van der Waals surface area contributed by atoms with Gasteiger partial charge in [-0.15, -0.1) is 0 Å². The molecule has 0 aliphatic rings. The molecular formula is C27H23N3O3. The average molecular weight is 437 g/mol. The van der Waals surface area contributed by atoms with E-state index in [4.69, 9.17) is 5.11 Å². The lowest BCUT2D eigenvalue weighted by molar-refractivity contribution is 0.0696. The number of hydrogen-bond donors (Lipinski definition) is 3. The largest absolute Gasteiger partial charge is 0.478 e. The first-order chi connectivity index (χ1) is 16.1. The molecule has 0 aliphatic carbocycles. The van der Waals surface area contributed by atoms with Gasteiger partial charge in [0.1, 0.15) is 0 Å². The molecule has 164 valence electrons. The van der Waals surface area contributed by atoms with Crippen LogP contribution in [0.5, 0.6) is 0 Å². The van der Waals surface area contributed by atoms with Crippen LogP contribution in [0.25, 0.3) is 11.1 Å². The van der Waals surface area contributed by atoms with Crippen molar-refractivity contribution in [3.8, 4) is 11.1 Å². The van der Waals surface area contributed by atoms with E-state index in [0.717, 1.165) is 35.5 Å². The van der Waals surface area contributed by atoms with Gasteiger partial charge in [-0.3, -0.25) is 9.78 Å². The fraction of sp³-hybridized carbons (Fsp3) is 0.0741. The lowest BCUT2D eigenvalue weighted by Gasteiger charge is -2.12. The minimum atomic E-state index is -0.984. The van der Waals surface area contributed by atoms with E-state index in [0.29, 0.717) is 11.3 Å². The predicted octanol–water partition coefficient (Wildman–Crippen LogP) is 5.35. The average Bonchev–Trinajstić information content (AvgIpc) is 2.86. The number of carbonyl (C=O) groups is 2. The molecule has 4 rings (SSSR count). The summed E-state index contributed by atoms with van der Waals surface area (Å²) in [4.78, 5) is 28.4. The molecule has 1 amide bonds. The van der Waals surface area contributed by atoms with Gasteiger partial charge < -0.3 is 15.7 Å². The normalized spacial score (nSPS) is 10.4. The third kappa shape index (κ3) is 5.62. The standard InChI is InChI=1S/C27H23N3O3/c31-26(25-7-2-1-6-24(25)19-8-10-20(11-9-19)27(32)33)30-23-14-12-22(13-15-23)29-18-16-21-5-3-4-17-28-21/h1-15,17,29H,16,18H2,(H,30,31)(H,32,33). The Morgan fingerprint density at radius 1 is 0.788 bits per heavy atom. The second-order valence-electron chi connectivity index (χ2n) is 7.46. The molecule has 0 bridgehead atoms. The summed E-state index contributed by atoms with van der Waals surface area (Å²) in [6.07, 6.45) is 2.61. The Morgan fingerprint density at radius 2 is 1.48 bits per heavy atom. The first-order valence-corrected chi connectivity index (χ1v) is 10.6. The Labute approximate surface area is 191 Å². The second kappa shape index (κ2) is 10.2. The number of nitrogens with one attached hydrogen (secondary N) is 2. The van der Waals surface area contributed by atoms with Crippen molar-refractivity contribution >= 4 is 23.3 Å². The fourth-order valence-electron chi connectivity index (χ4n) is 3.48. The molecule has 33 heavy (non-hydrogen) atoms. The van der Waals surface area contributed by atoms with Gasteiger partial charge in [-0.25, -0.2) is 4.79 Å². The number of amides is 1. The monoisotopic (exact) mass is 437 g/mol. The number of rotatable bonds is 8. The highest BCUT2D eigenvalue weighted by molar-refractivity contribution is 6.08. The highest BCUT2D eigenvalue weighted by atomic mass is 16.4. The molecule has 3 aromatic carbocycles. The van der Waals surface area contributed by atoms with Crippen LogP contribution in [0.2, 0.25) is 0 Å². The quantitative estimate of drug-likeness (QED) is 0.345. The first kappa shape index (κ1) is 21.8. The molecule has 0 radical (unpaired) electrons. The van der Waals surface area contributed by atoms with Crippen LogP contribution >= 0.6 is 0 Å². The fourth-order valence-corrected chi connectivity index (χ4v) is 3.48. The smallest absolute Gasteiger partial charge is 0.335 e. The van der Waals surface area contributed by atoms with Gasteiger partial charge in [0.15, 0.2) is 0 Å². The minimum absolute atomic E-state index is 0.203. The first-order valence-electron chi connectivity index (χ1n) is 10.6. The highest BCUT2D eigenvalue weighted by Gasteiger charge is 2.13. The molecule has 1 heterocycles. The Hall–Kier alpha value is -4.45. The zero-order valence-corrected chi connectivity index (χ0v) is 17.9. The van der Waals surface area contributed by atoms with Crippen molar-refractivity contribution in [1.82, 2.24) is 4.98 Å². The zero-order chi connectivity index (χ0) is 23.0. The lowest BCUT2D eigenvalue weighted by atomic mass is 9.98. The van der Waals surface area contributed by atoms with Crippen molar-refractivity contribution in [2.24, 2.45) is 0 Å². The van der Waals surface area contributed by atoms with E-state index in [1.807, 2.05) is 54.6 Å². The van der Waals surface area contributed by atoms with E-state index < -0.39 is 5.97 Å². The van der Waals surface area contributed by atoms with Gasteiger partial charge in [-0.1, -0.05) is 36.4 Å². The van der Waals surface area contributed by atoms with Gasteiger partial charge in [0.05, 0.1) is 5.56 Å². The van der Waals surface area contributed by atoms with E-state index in [1.54, 1.807) is 30.5 Å². The predicted molar refractivity (Wildman–Crippen MR) is 130 cm³/mol. The van der Waals surface area contributed by atoms with Crippen LogP contribution in [0.1, 0.15) is 26.4 Å². The Morgan fingerprint density at radius 3 is 2.18 bits per heavy atom. The number of carboxylic acid groups (broad SMARTS) is 1. The molecule has 0 saturated carbocycles. The molecule has 1 aromatic heterocycles. The number of benzene rings is 3. The number of pyridine rings is 1. The maximum absolute atomic E-state index is 13.0. The Bertz CT molecular complexity index is 1240. The zero-order valence-electron chi connectivity index (χ0n) is 17.9. The van der Waals surface area contributed by atoms with Crippen LogP contribution < -0.4 is 10.6 Å². The summed E-state index contributed by atoms with van der Waals surface area (Å²) in [6.45, 7) is 0.761. The lowest BCUT2D eigenvalue weighted by Crippen LogP contribution is -2.13. The van der Waals surface area contributed by atoms with Crippen molar-refractivity contribution < 1.29 is 14.7 Å². The number of nitrogens with zero attached hydrogens (tertiary/aromatic N) is 1. The molecule has 6 heteroatoms. The van der Waals surface area contributed by atoms with Gasteiger partial charge in [-0.2, -0.15) is 0 Å². The summed E-state index contributed by atoms with van der Waals surface area (Å²) >= 11 is 0. The minimum Gasteiger partial charge on any atom is -0.478 e. The maximum atomic E-state index is 13.0. The van der Waals surface area contributed by atoms with Crippen molar-refractivity contribution in [1.29, 1.82) is 0 Å². The third-order valence-corrected chi connectivity index (χ3v) is 5.19. The van der Waals surface area contributed by atoms with Gasteiger partial charge in [0, 0.05) is 41.8 Å². The van der Waals surface area contributed by atoms with E-state index >= 15 is 0 Å². The molecule has 0 spiro atoms. The summed E-state index contributed by atoms with van der Waals surface area (Å²) in [6, 6.07) is 27.2. The summed E-state index contributed by atoms with van der Waals surface area (Å²) < 4.78 is 0. The van der Waals surface area contributed by atoms with E-state index in [2.05, 4.69) is 15.6 Å². The van der Waals surface area contributed by atoms with Crippen LogP contribution in [0.4, 0.5) is 11.4 Å². The summed E-state index contributed by atoms with van der Waals surface area (Å²) in [7, 11) is 0. The van der Waals surface area contributed by atoms with E-state index in [1.165, 1.54) is 12.1 Å². The third-order valence-electron chi connectivity index (χ3n) is 5.19. The summed E-state index contributed by atoms with van der Waals surface area (Å²) in [5.41, 5.74) is 4.91. The number of carboxylic acids is 1. The van der Waals surface area contributed by atoms with Gasteiger partial charge in [0.2, 0.25) is 0 Å². The van der Waals surface area contributed by atoms with Crippen molar-refractivity contribution in [3.05, 3.63) is 114 Å². The summed E-state index contributed by atoms with van der Waals surface area (Å²) in [5, 5.41) is 15.4. The highest BCUT2D eigenvalue weighted by Crippen LogP contribution is 2.25. The number of aromatic nitrogens is 1. The summed E-state index contributed by atoms with van der Waals surface area (Å²) in [5.74, 6) is -1.22. The van der Waals surface area contributed by atoms with E-state index in [9.17, 15) is 9.59 Å². The molecule has 0 fully saturated rings. The Balaban J connectivity index is 1.40. The molecule has 3 N–H and O–H groups in total. The number of carbonyl (C=O) groups excluding carboxylic acids is 1. The van der Waals surface area contributed by atoms with Crippen LogP contribution in [-0.4, -0.2) is 28.5 Å². The molecule has 6 nitrogen and oxygen atoms in total. The SMILES string of the molecule is O=C(O)c1ccc(-c2ccccc2C(=O)Nc2ccc(NCCc3ccccn3)cc2)cc1. The van der Waals surface area contributed by atoms with Crippen LogP contribution in [0, 0.1) is 0 Å². The van der Waals surface area contributed by atoms with Gasteiger partial charge in [-0.05, 0) is 65.7 Å². The van der Waals surface area contributed by atoms with Crippen molar-refractivity contribution in [2.75, 3.05) is 17.2 Å². The van der Waals surface area contributed by atoms with E-state index in [-0.39, 0.29) is 11.5 Å². The van der Waals surface area contributed by atoms with Crippen LogP contribution in [0.3, 0.4) is 0 Å². The Kier molecular flexibility index (Phi) is 6.75. The van der Waals surface area contributed by atoms with Crippen molar-refractivity contribution in [3.63, 3.8) is 0 Å². The topological polar surface area (TPSA) is 91.3 Å². The van der Waals surface area contributed by atoms with Gasteiger partial charge in [0.25, 0.3) is 5.91 Å². The second-order valence-corrected chi connectivity index (χ2v) is 7.46. The molecule has 4 aromatic rings. The number of aromatic carboxylic acids is 1. The molecular weight excluding hydrogens is 414 g/mol. The molecule has 0 saturated heterocycles. The molecule has 0 atom stereocenters. The molecule has 0 aliphatic heterocycles. The van der Waals surface area contributed by atoms with Crippen LogP contribution in [-0.2, 0) is 6.42 Å². The number of anilines is 2. The molecule has 0 unspecified atom stereocenters. The maximum Gasteiger partial charge on any atom is 0.335 e. The van der Waals surface area contributed by atoms with Crippen molar-refractivity contribution in [2.45, 2.75) is 6.42 Å². The van der Waals surface area contributed by atoms with Gasteiger partial charge >= 0.3 is 5.97 Å². The van der Waals surface area contributed by atoms with Crippen LogP contribution in [0.15, 0.2) is 97.2 Å². The number of hydrogen-bond acceptors (Lipinski definition) is 4.